The van der Waals surface area contributed by atoms with E-state index in [1.807, 2.05) is 0 Å². The van der Waals surface area contributed by atoms with E-state index >= 15 is 0 Å². The van der Waals surface area contributed by atoms with E-state index < -0.39 is 10.0 Å². The number of benzene rings is 2. The predicted molar refractivity (Wildman–Crippen MR) is 116 cm³/mol. The summed E-state index contributed by atoms with van der Waals surface area (Å²) in [7, 11) is -3.68. The molecule has 2 N–H and O–H groups in total. The number of nitrogens with zero attached hydrogens (tertiary/aromatic N) is 3. The quantitative estimate of drug-likeness (QED) is 0.530. The van der Waals surface area contributed by atoms with Crippen LogP contribution < -0.4 is 4.90 Å². The lowest BCUT2D eigenvalue weighted by atomic mass is 10.2. The van der Waals surface area contributed by atoms with Crippen LogP contribution >= 0.6 is 0 Å². The van der Waals surface area contributed by atoms with E-state index in [-0.39, 0.29) is 16.4 Å². The number of hydrogen-bond donors (Lipinski definition) is 2. The Morgan fingerprint density at radius 1 is 0.935 bits per heavy atom. The number of anilines is 1. The maximum Gasteiger partial charge on any atom is 0.243 e. The van der Waals surface area contributed by atoms with Crippen LogP contribution in [0, 0.1) is 0 Å². The lowest BCUT2D eigenvalue weighted by molar-refractivity contribution is 0.0730. The Morgan fingerprint density at radius 3 is 2.32 bits per heavy atom. The van der Waals surface area contributed by atoms with Gasteiger partial charge in [0.1, 0.15) is 0 Å². The van der Waals surface area contributed by atoms with Crippen LogP contribution in [0.25, 0.3) is 0 Å². The predicted octanol–water partition coefficient (Wildman–Crippen LogP) is 1.71. The van der Waals surface area contributed by atoms with E-state index in [4.69, 9.17) is 9.47 Å². The molecule has 31 heavy (non-hydrogen) atoms. The van der Waals surface area contributed by atoms with Crippen molar-refractivity contribution in [3.63, 3.8) is 0 Å². The smallest absolute Gasteiger partial charge is 0.243 e. The molecule has 0 spiro atoms. The maximum atomic E-state index is 13.1. The minimum absolute atomic E-state index is 0.152. The largest absolute Gasteiger partial charge is 0.504 e. The zero-order chi connectivity index (χ0) is 21.8. The van der Waals surface area contributed by atoms with Gasteiger partial charge in [-0.05, 0) is 30.3 Å². The zero-order valence-electron chi connectivity index (χ0n) is 17.0. The third-order valence-corrected chi connectivity index (χ3v) is 7.19. The number of rotatable bonds is 5. The number of hydrogen-bond acceptors (Lipinski definition) is 8. The molecule has 0 amide bonds. The van der Waals surface area contributed by atoms with Crippen molar-refractivity contribution in [1.82, 2.24) is 4.31 Å². The van der Waals surface area contributed by atoms with Crippen LogP contribution in [0.2, 0.25) is 0 Å². The van der Waals surface area contributed by atoms with Gasteiger partial charge in [-0.3, -0.25) is 4.99 Å². The molecular weight excluding hydrogens is 422 g/mol. The molecular formula is C21H25N3O6S. The van der Waals surface area contributed by atoms with Gasteiger partial charge >= 0.3 is 0 Å². The SMILES string of the molecule is O=S(=O)(c1ccc(N2CCOCC2)c(N=Cc2cccc(O)c2O)c1)N1CCOCC1. The van der Waals surface area contributed by atoms with Gasteiger partial charge in [0, 0.05) is 38.0 Å². The first kappa shape index (κ1) is 21.6. The zero-order valence-corrected chi connectivity index (χ0v) is 17.8. The van der Waals surface area contributed by atoms with Crippen molar-refractivity contribution in [1.29, 1.82) is 0 Å². The number of morpholine rings is 2. The first-order valence-corrected chi connectivity index (χ1v) is 11.5. The van der Waals surface area contributed by atoms with E-state index in [0.717, 1.165) is 5.69 Å². The summed E-state index contributed by atoms with van der Waals surface area (Å²) in [5, 5.41) is 19.8. The highest BCUT2D eigenvalue weighted by Gasteiger charge is 2.27. The molecule has 166 valence electrons. The van der Waals surface area contributed by atoms with E-state index in [9.17, 15) is 18.6 Å². The minimum Gasteiger partial charge on any atom is -0.504 e. The summed E-state index contributed by atoms with van der Waals surface area (Å²) in [5.41, 5.74) is 1.56. The molecule has 10 heteroatoms. The number of ether oxygens (including phenoxy) is 2. The van der Waals surface area contributed by atoms with E-state index in [0.29, 0.717) is 63.9 Å². The number of sulfonamides is 1. The molecule has 2 aromatic carbocycles. The molecule has 0 unspecified atom stereocenters. The molecule has 2 heterocycles. The lowest BCUT2D eigenvalue weighted by Crippen LogP contribution is -2.40. The van der Waals surface area contributed by atoms with Crippen LogP contribution in [0.3, 0.4) is 0 Å². The van der Waals surface area contributed by atoms with E-state index in [1.54, 1.807) is 30.3 Å². The van der Waals surface area contributed by atoms with Gasteiger partial charge in [-0.2, -0.15) is 4.31 Å². The summed E-state index contributed by atoms with van der Waals surface area (Å²) in [6.07, 6.45) is 1.42. The maximum absolute atomic E-state index is 13.1. The topological polar surface area (TPSA) is 112 Å². The summed E-state index contributed by atoms with van der Waals surface area (Å²) >= 11 is 0. The fourth-order valence-electron chi connectivity index (χ4n) is 3.57. The fraction of sp³-hybridized carbons (Fsp3) is 0.381. The highest BCUT2D eigenvalue weighted by molar-refractivity contribution is 7.89. The van der Waals surface area contributed by atoms with Gasteiger partial charge in [-0.15, -0.1) is 0 Å². The van der Waals surface area contributed by atoms with Crippen molar-refractivity contribution in [2.45, 2.75) is 4.90 Å². The lowest BCUT2D eigenvalue weighted by Gasteiger charge is -2.30. The monoisotopic (exact) mass is 447 g/mol. The Hall–Kier alpha value is -2.66. The highest BCUT2D eigenvalue weighted by atomic mass is 32.2. The standard InChI is InChI=1S/C21H25N3O6S/c25-20-3-1-2-16(21(20)26)15-22-18-14-17(31(27,28)24-8-12-30-13-9-24)4-5-19(18)23-6-10-29-11-7-23/h1-5,14-15,25-26H,6-13H2. The Balaban J connectivity index is 1.73. The van der Waals surface area contributed by atoms with Crippen molar-refractivity contribution in [2.24, 2.45) is 4.99 Å². The third-order valence-electron chi connectivity index (χ3n) is 5.30. The second kappa shape index (κ2) is 9.23. The Labute approximate surface area is 181 Å². The molecule has 0 aromatic heterocycles. The average Bonchev–Trinajstić information content (AvgIpc) is 2.81. The molecule has 0 bridgehead atoms. The molecule has 0 saturated carbocycles. The number of phenols is 2. The summed E-state index contributed by atoms with van der Waals surface area (Å²) < 4.78 is 38.3. The highest BCUT2D eigenvalue weighted by Crippen LogP contribution is 2.34. The van der Waals surface area contributed by atoms with Crippen LogP contribution in [-0.4, -0.2) is 81.8 Å². The van der Waals surface area contributed by atoms with Gasteiger partial charge in [0.25, 0.3) is 0 Å². The van der Waals surface area contributed by atoms with Gasteiger partial charge in [-0.25, -0.2) is 8.42 Å². The Kier molecular flexibility index (Phi) is 6.42. The van der Waals surface area contributed by atoms with Crippen molar-refractivity contribution >= 4 is 27.6 Å². The summed E-state index contributed by atoms with van der Waals surface area (Å²) in [6, 6.07) is 9.49. The molecule has 2 aromatic rings. The first-order chi connectivity index (χ1) is 15.0. The van der Waals surface area contributed by atoms with E-state index in [1.165, 1.54) is 16.6 Å². The summed E-state index contributed by atoms with van der Waals surface area (Å²) in [4.78, 5) is 6.73. The van der Waals surface area contributed by atoms with Crippen LogP contribution in [-0.2, 0) is 19.5 Å². The molecule has 4 rings (SSSR count). The fourth-order valence-corrected chi connectivity index (χ4v) is 5.00. The molecule has 9 nitrogen and oxygen atoms in total. The van der Waals surface area contributed by atoms with Crippen LogP contribution in [0.5, 0.6) is 11.5 Å². The first-order valence-electron chi connectivity index (χ1n) is 10.1. The minimum atomic E-state index is -3.68. The molecule has 0 radical (unpaired) electrons. The summed E-state index contributed by atoms with van der Waals surface area (Å²) in [6.45, 7) is 3.83. The van der Waals surface area contributed by atoms with Gasteiger partial charge in [-0.1, -0.05) is 6.07 Å². The van der Waals surface area contributed by atoms with Crippen LogP contribution in [0.15, 0.2) is 46.3 Å². The molecule has 2 aliphatic heterocycles. The van der Waals surface area contributed by atoms with Crippen molar-refractivity contribution in [3.8, 4) is 11.5 Å². The molecule has 2 fully saturated rings. The van der Waals surface area contributed by atoms with Gasteiger partial charge in [0.2, 0.25) is 10.0 Å². The molecule has 2 saturated heterocycles. The second-order valence-electron chi connectivity index (χ2n) is 7.24. The Morgan fingerprint density at radius 2 is 1.61 bits per heavy atom. The van der Waals surface area contributed by atoms with Gasteiger partial charge < -0.3 is 24.6 Å². The van der Waals surface area contributed by atoms with Crippen molar-refractivity contribution in [3.05, 3.63) is 42.0 Å². The number of aromatic hydroxyl groups is 2. The van der Waals surface area contributed by atoms with E-state index in [2.05, 4.69) is 9.89 Å². The summed E-state index contributed by atoms with van der Waals surface area (Å²) in [5.74, 6) is -0.530. The normalized spacial score (nSPS) is 18.5. The number of phenolic OH excluding ortho intramolecular Hbond substituents is 2. The van der Waals surface area contributed by atoms with Crippen molar-refractivity contribution in [2.75, 3.05) is 57.5 Å². The average molecular weight is 448 g/mol. The third kappa shape index (κ3) is 4.67. The van der Waals surface area contributed by atoms with Gasteiger partial charge in [0.15, 0.2) is 11.5 Å². The van der Waals surface area contributed by atoms with Gasteiger partial charge in [0.05, 0.1) is 42.7 Å². The Bertz CT molecular complexity index is 1060. The number of aliphatic imine (C=N–C) groups is 1. The van der Waals surface area contributed by atoms with Crippen LogP contribution in [0.1, 0.15) is 5.56 Å². The molecule has 0 atom stereocenters. The molecule has 0 aliphatic carbocycles. The van der Waals surface area contributed by atoms with Crippen molar-refractivity contribution < 1.29 is 28.1 Å². The molecule has 2 aliphatic rings. The second-order valence-corrected chi connectivity index (χ2v) is 9.18. The number of para-hydroxylation sites is 1. The van der Waals surface area contributed by atoms with Crippen LogP contribution in [0.4, 0.5) is 11.4 Å².